The lowest BCUT2D eigenvalue weighted by molar-refractivity contribution is -0.143. The molecular weight excluding hydrogens is 308 g/mol. The van der Waals surface area contributed by atoms with Crippen molar-refractivity contribution in [2.75, 3.05) is 19.7 Å². The summed E-state index contributed by atoms with van der Waals surface area (Å²) in [4.78, 5) is 25.0. The van der Waals surface area contributed by atoms with Gasteiger partial charge in [0.05, 0.1) is 5.92 Å². The zero-order valence-electron chi connectivity index (χ0n) is 13.9. The van der Waals surface area contributed by atoms with Gasteiger partial charge in [-0.2, -0.15) is 0 Å². The van der Waals surface area contributed by atoms with Gasteiger partial charge in [0.1, 0.15) is 12.4 Å². The molecule has 130 valence electrons. The van der Waals surface area contributed by atoms with Crippen LogP contribution in [0.4, 0.5) is 4.79 Å². The van der Waals surface area contributed by atoms with Gasteiger partial charge in [-0.15, -0.1) is 0 Å². The van der Waals surface area contributed by atoms with Crippen molar-refractivity contribution in [2.45, 2.75) is 19.9 Å². The van der Waals surface area contributed by atoms with Crippen LogP contribution in [0.3, 0.4) is 0 Å². The van der Waals surface area contributed by atoms with Crippen LogP contribution in [0.25, 0.3) is 0 Å². The number of ether oxygens (including phenoxy) is 1. The molecule has 0 aliphatic carbocycles. The largest absolute Gasteiger partial charge is 0.490 e. The Kier molecular flexibility index (Phi) is 6.23. The van der Waals surface area contributed by atoms with E-state index in [0.717, 1.165) is 11.3 Å². The Balaban J connectivity index is 1.85. The fourth-order valence-electron chi connectivity index (χ4n) is 2.84. The molecule has 1 saturated heterocycles. The number of carbonyl (C=O) groups excluding carboxylic acids is 1. The lowest BCUT2D eigenvalue weighted by atomic mass is 9.91. The highest BCUT2D eigenvalue weighted by molar-refractivity contribution is 5.76. The average Bonchev–Trinajstić information content (AvgIpc) is 2.58. The van der Waals surface area contributed by atoms with Gasteiger partial charge in [-0.3, -0.25) is 4.79 Å². The van der Waals surface area contributed by atoms with E-state index >= 15 is 0 Å². The molecule has 2 amide bonds. The molecule has 0 spiro atoms. The number of likely N-dealkylation sites (tertiary alicyclic amines) is 1. The summed E-state index contributed by atoms with van der Waals surface area (Å²) < 4.78 is 5.41. The third-order valence-electron chi connectivity index (χ3n) is 4.03. The molecule has 2 unspecified atom stereocenters. The van der Waals surface area contributed by atoms with Crippen LogP contribution in [0.15, 0.2) is 36.9 Å². The van der Waals surface area contributed by atoms with E-state index in [-0.39, 0.29) is 18.5 Å². The van der Waals surface area contributed by atoms with Crippen LogP contribution in [-0.4, -0.2) is 41.7 Å². The highest BCUT2D eigenvalue weighted by Gasteiger charge is 2.31. The van der Waals surface area contributed by atoms with Crippen molar-refractivity contribution in [3.63, 3.8) is 0 Å². The van der Waals surface area contributed by atoms with Crippen LogP contribution in [-0.2, 0) is 11.3 Å². The van der Waals surface area contributed by atoms with E-state index in [9.17, 15) is 14.7 Å². The Hall–Kier alpha value is -2.50. The summed E-state index contributed by atoms with van der Waals surface area (Å²) >= 11 is 0. The van der Waals surface area contributed by atoms with E-state index < -0.39 is 11.9 Å². The second-order valence-corrected chi connectivity index (χ2v) is 6.18. The molecule has 0 aromatic heterocycles. The Morgan fingerprint density at radius 2 is 2.08 bits per heavy atom. The van der Waals surface area contributed by atoms with Crippen molar-refractivity contribution < 1.29 is 19.4 Å². The Labute approximate surface area is 142 Å². The molecule has 6 heteroatoms. The molecule has 0 saturated carbocycles. The maximum Gasteiger partial charge on any atom is 0.317 e. The number of nitrogens with one attached hydrogen (secondary N) is 1. The first-order chi connectivity index (χ1) is 11.5. The van der Waals surface area contributed by atoms with Crippen molar-refractivity contribution in [3.8, 4) is 5.75 Å². The van der Waals surface area contributed by atoms with Crippen LogP contribution in [0.2, 0.25) is 0 Å². The van der Waals surface area contributed by atoms with Crippen molar-refractivity contribution >= 4 is 12.0 Å². The predicted octanol–water partition coefficient (Wildman–Crippen LogP) is 2.50. The number of carboxylic acids is 1. The van der Waals surface area contributed by atoms with Crippen LogP contribution >= 0.6 is 0 Å². The summed E-state index contributed by atoms with van der Waals surface area (Å²) in [7, 11) is 0. The van der Waals surface area contributed by atoms with Crippen LogP contribution in [0.1, 0.15) is 18.9 Å². The van der Waals surface area contributed by atoms with E-state index in [4.69, 9.17) is 4.74 Å². The summed E-state index contributed by atoms with van der Waals surface area (Å²) in [5.74, 6) is -0.388. The topological polar surface area (TPSA) is 78.9 Å². The maximum absolute atomic E-state index is 12.3. The molecular formula is C18H24N2O4. The van der Waals surface area contributed by atoms with Gasteiger partial charge in [0.15, 0.2) is 0 Å². The fourth-order valence-corrected chi connectivity index (χ4v) is 2.84. The van der Waals surface area contributed by atoms with Crippen LogP contribution in [0.5, 0.6) is 5.75 Å². The average molecular weight is 332 g/mol. The number of amides is 2. The van der Waals surface area contributed by atoms with Gasteiger partial charge in [-0.05, 0) is 30.0 Å². The smallest absolute Gasteiger partial charge is 0.317 e. The minimum absolute atomic E-state index is 0.187. The molecule has 0 radical (unpaired) electrons. The van der Waals surface area contributed by atoms with Crippen LogP contribution < -0.4 is 10.1 Å². The molecule has 1 heterocycles. The zero-order chi connectivity index (χ0) is 17.5. The molecule has 6 nitrogen and oxygen atoms in total. The molecule has 24 heavy (non-hydrogen) atoms. The van der Waals surface area contributed by atoms with E-state index in [1.165, 1.54) is 0 Å². The third kappa shape index (κ3) is 5.01. The number of rotatable bonds is 6. The van der Waals surface area contributed by atoms with Crippen molar-refractivity contribution in [1.82, 2.24) is 10.2 Å². The first-order valence-corrected chi connectivity index (χ1v) is 8.07. The second-order valence-electron chi connectivity index (χ2n) is 6.18. The lowest BCUT2D eigenvalue weighted by Gasteiger charge is -2.34. The first kappa shape index (κ1) is 17.8. The normalized spacial score (nSPS) is 20.3. The van der Waals surface area contributed by atoms with Gasteiger partial charge < -0.3 is 20.1 Å². The molecule has 1 aliphatic heterocycles. The van der Waals surface area contributed by atoms with E-state index in [1.807, 2.05) is 31.2 Å². The summed E-state index contributed by atoms with van der Waals surface area (Å²) in [6.45, 7) is 7.26. The number of piperidine rings is 1. The number of hydrogen-bond donors (Lipinski definition) is 2. The third-order valence-corrected chi connectivity index (χ3v) is 4.03. The van der Waals surface area contributed by atoms with E-state index in [0.29, 0.717) is 26.1 Å². The fraction of sp³-hybridized carbons (Fsp3) is 0.444. The van der Waals surface area contributed by atoms with Crippen LogP contribution in [0, 0.1) is 11.8 Å². The molecule has 1 aromatic rings. The minimum atomic E-state index is -0.838. The molecule has 2 atom stereocenters. The molecule has 1 fully saturated rings. The molecule has 0 bridgehead atoms. The molecule has 1 aromatic carbocycles. The summed E-state index contributed by atoms with van der Waals surface area (Å²) in [5.41, 5.74) is 0.953. The second kappa shape index (κ2) is 8.38. The molecule has 1 aliphatic rings. The van der Waals surface area contributed by atoms with Crippen molar-refractivity contribution in [3.05, 3.63) is 42.5 Å². The van der Waals surface area contributed by atoms with Gasteiger partial charge in [0.2, 0.25) is 0 Å². The van der Waals surface area contributed by atoms with Crippen molar-refractivity contribution in [2.24, 2.45) is 11.8 Å². The molecule has 2 rings (SSSR count). The number of benzene rings is 1. The number of carbonyl (C=O) groups is 2. The maximum atomic E-state index is 12.3. The highest BCUT2D eigenvalue weighted by Crippen LogP contribution is 2.22. The summed E-state index contributed by atoms with van der Waals surface area (Å²) in [6.07, 6.45) is 2.30. The number of urea groups is 1. The number of aliphatic carboxylic acids is 1. The number of hydrogen-bond acceptors (Lipinski definition) is 3. The monoisotopic (exact) mass is 332 g/mol. The Morgan fingerprint density at radius 3 is 2.71 bits per heavy atom. The SMILES string of the molecule is C=CCOc1ccc(CNC(=O)N2CC(C)CC(C(=O)O)C2)cc1. The standard InChI is InChI=1S/C18H24N2O4/c1-3-8-24-16-6-4-14(5-7-16)10-19-18(23)20-11-13(2)9-15(12-20)17(21)22/h3-7,13,15H,1,8-12H2,2H3,(H,19,23)(H,21,22). The lowest BCUT2D eigenvalue weighted by Crippen LogP contribution is -2.49. The summed E-state index contributed by atoms with van der Waals surface area (Å²) in [5, 5.41) is 12.0. The minimum Gasteiger partial charge on any atom is -0.490 e. The van der Waals surface area contributed by atoms with Crippen molar-refractivity contribution in [1.29, 1.82) is 0 Å². The predicted molar refractivity (Wildman–Crippen MR) is 90.8 cm³/mol. The Morgan fingerprint density at radius 1 is 1.38 bits per heavy atom. The Bertz CT molecular complexity index is 585. The van der Waals surface area contributed by atoms with E-state index in [1.54, 1.807) is 11.0 Å². The van der Waals surface area contributed by atoms with Gasteiger partial charge in [0, 0.05) is 19.6 Å². The van der Waals surface area contributed by atoms with Gasteiger partial charge >= 0.3 is 12.0 Å². The van der Waals surface area contributed by atoms with Gasteiger partial charge in [0.25, 0.3) is 0 Å². The highest BCUT2D eigenvalue weighted by atomic mass is 16.5. The molecule has 2 N–H and O–H groups in total. The zero-order valence-corrected chi connectivity index (χ0v) is 13.9. The summed E-state index contributed by atoms with van der Waals surface area (Å²) in [6, 6.07) is 7.23. The van der Waals surface area contributed by atoms with Gasteiger partial charge in [-0.1, -0.05) is 31.7 Å². The van der Waals surface area contributed by atoms with E-state index in [2.05, 4.69) is 11.9 Å². The number of carboxylic acid groups (broad SMARTS) is 1. The first-order valence-electron chi connectivity index (χ1n) is 8.07. The quantitative estimate of drug-likeness (QED) is 0.785. The van der Waals surface area contributed by atoms with Gasteiger partial charge in [-0.25, -0.2) is 4.79 Å². The number of nitrogens with zero attached hydrogens (tertiary/aromatic N) is 1.